The fourth-order valence-electron chi connectivity index (χ4n) is 3.07. The van der Waals surface area contributed by atoms with Crippen molar-refractivity contribution < 1.29 is 19.1 Å². The number of hydrogen-bond acceptors (Lipinski definition) is 6. The van der Waals surface area contributed by atoms with Gasteiger partial charge in [-0.15, -0.1) is 11.3 Å². The van der Waals surface area contributed by atoms with Gasteiger partial charge in [0.15, 0.2) is 0 Å². The Morgan fingerprint density at radius 2 is 2.17 bits per heavy atom. The van der Waals surface area contributed by atoms with Gasteiger partial charge >= 0.3 is 5.97 Å². The molecule has 0 bridgehead atoms. The molecular formula is C23H16N2O4S. The molecule has 0 saturated heterocycles. The molecule has 0 aliphatic rings. The van der Waals surface area contributed by atoms with E-state index in [1.807, 2.05) is 30.5 Å². The summed E-state index contributed by atoms with van der Waals surface area (Å²) in [6.07, 6.45) is 3.13. The average Bonchev–Trinajstić information content (AvgIpc) is 3.46. The highest BCUT2D eigenvalue weighted by molar-refractivity contribution is 7.13. The Kier molecular flexibility index (Phi) is 5.33. The van der Waals surface area contributed by atoms with Gasteiger partial charge in [0.25, 0.3) is 0 Å². The van der Waals surface area contributed by atoms with Gasteiger partial charge in [0.2, 0.25) is 5.88 Å². The Balaban J connectivity index is 1.74. The number of carboxylic acid groups (broad SMARTS) is 1. The van der Waals surface area contributed by atoms with Gasteiger partial charge in [0.05, 0.1) is 28.7 Å². The van der Waals surface area contributed by atoms with Crippen molar-refractivity contribution in [1.29, 1.82) is 5.26 Å². The average molecular weight is 416 g/mol. The maximum atomic E-state index is 11.1. The molecule has 4 aromatic rings. The van der Waals surface area contributed by atoms with Crippen LogP contribution in [0.1, 0.15) is 27.0 Å². The molecule has 3 aromatic heterocycles. The second-order valence-corrected chi connectivity index (χ2v) is 7.52. The van der Waals surface area contributed by atoms with Gasteiger partial charge in [0, 0.05) is 11.1 Å². The molecule has 3 heterocycles. The maximum Gasteiger partial charge on any atom is 0.335 e. The minimum Gasteiger partial charge on any atom is -0.478 e. The van der Waals surface area contributed by atoms with Crippen molar-refractivity contribution in [1.82, 2.24) is 4.98 Å². The molecule has 1 N–H and O–H groups in total. The van der Waals surface area contributed by atoms with Gasteiger partial charge in [-0.2, -0.15) is 5.26 Å². The van der Waals surface area contributed by atoms with Crippen molar-refractivity contribution in [2.24, 2.45) is 0 Å². The predicted octanol–water partition coefficient (Wildman–Crippen LogP) is 5.53. The third-order valence-corrected chi connectivity index (χ3v) is 5.55. The Morgan fingerprint density at radius 1 is 1.30 bits per heavy atom. The van der Waals surface area contributed by atoms with Gasteiger partial charge < -0.3 is 14.3 Å². The number of rotatable bonds is 6. The van der Waals surface area contributed by atoms with E-state index in [0.29, 0.717) is 16.8 Å². The normalized spacial score (nSPS) is 10.5. The number of furan rings is 1. The highest BCUT2D eigenvalue weighted by Gasteiger charge is 2.18. The van der Waals surface area contributed by atoms with Crippen LogP contribution in [-0.2, 0) is 6.61 Å². The van der Waals surface area contributed by atoms with Crippen LogP contribution in [0.4, 0.5) is 0 Å². The zero-order chi connectivity index (χ0) is 21.1. The highest BCUT2D eigenvalue weighted by Crippen LogP contribution is 2.35. The molecule has 7 heteroatoms. The minimum atomic E-state index is -0.979. The molecule has 0 aliphatic carbocycles. The number of carboxylic acids is 1. The lowest BCUT2D eigenvalue weighted by atomic mass is 10.0. The molecule has 148 valence electrons. The highest BCUT2D eigenvalue weighted by atomic mass is 32.1. The van der Waals surface area contributed by atoms with Crippen LogP contribution in [-0.4, -0.2) is 16.1 Å². The first-order valence-electron chi connectivity index (χ1n) is 9.04. The largest absolute Gasteiger partial charge is 0.478 e. The van der Waals surface area contributed by atoms with Crippen LogP contribution in [0.25, 0.3) is 21.7 Å². The number of benzene rings is 1. The number of hydrogen-bond donors (Lipinski definition) is 1. The van der Waals surface area contributed by atoms with Crippen LogP contribution in [0.5, 0.6) is 5.88 Å². The van der Waals surface area contributed by atoms with Crippen molar-refractivity contribution in [2.45, 2.75) is 13.5 Å². The summed E-state index contributed by atoms with van der Waals surface area (Å²) in [5.74, 6) is -0.756. The van der Waals surface area contributed by atoms with Crippen LogP contribution >= 0.6 is 11.3 Å². The third kappa shape index (κ3) is 3.81. The number of aryl methyl sites for hydroxylation is 1. The van der Waals surface area contributed by atoms with Crippen LogP contribution in [0.2, 0.25) is 0 Å². The number of ether oxygens (including phenoxy) is 1. The van der Waals surface area contributed by atoms with E-state index in [4.69, 9.17) is 14.3 Å². The molecule has 0 aliphatic heterocycles. The summed E-state index contributed by atoms with van der Waals surface area (Å²) in [7, 11) is 0. The smallest absolute Gasteiger partial charge is 0.335 e. The number of aromatic nitrogens is 1. The SMILES string of the molecule is Cc1cc(C(=O)O)ccc1COc1nc(-c2cccs2)cc(-c2ccoc2)c1C#N. The van der Waals surface area contributed by atoms with E-state index in [0.717, 1.165) is 21.6 Å². The van der Waals surface area contributed by atoms with E-state index in [1.54, 1.807) is 42.1 Å². The summed E-state index contributed by atoms with van der Waals surface area (Å²) < 4.78 is 11.2. The van der Waals surface area contributed by atoms with E-state index in [9.17, 15) is 10.1 Å². The van der Waals surface area contributed by atoms with Crippen LogP contribution in [0.15, 0.2) is 64.8 Å². The number of pyridine rings is 1. The van der Waals surface area contributed by atoms with Crippen molar-refractivity contribution in [3.63, 3.8) is 0 Å². The first-order chi connectivity index (χ1) is 14.6. The number of thiophene rings is 1. The third-order valence-electron chi connectivity index (χ3n) is 4.66. The van der Waals surface area contributed by atoms with Gasteiger partial charge in [-0.3, -0.25) is 0 Å². The summed E-state index contributed by atoms with van der Waals surface area (Å²) in [5, 5.41) is 20.9. The molecule has 0 fully saturated rings. The molecule has 0 atom stereocenters. The standard InChI is InChI=1S/C23H16N2O4S/c1-14-9-15(23(26)27)4-5-16(14)13-29-22-19(11-24)18(17-6-7-28-12-17)10-20(25-22)21-3-2-8-30-21/h2-10,12H,13H2,1H3,(H,26,27). The fraction of sp³-hybridized carbons (Fsp3) is 0.0870. The second-order valence-electron chi connectivity index (χ2n) is 6.57. The van der Waals surface area contributed by atoms with Gasteiger partial charge in [0.1, 0.15) is 18.2 Å². The van der Waals surface area contributed by atoms with Gasteiger partial charge in [-0.25, -0.2) is 9.78 Å². The summed E-state index contributed by atoms with van der Waals surface area (Å²) >= 11 is 1.55. The molecular weight excluding hydrogens is 400 g/mol. The zero-order valence-electron chi connectivity index (χ0n) is 16.0. The Labute approximate surface area is 176 Å². The quantitative estimate of drug-likeness (QED) is 0.444. The first kappa shape index (κ1) is 19.4. The lowest BCUT2D eigenvalue weighted by molar-refractivity contribution is 0.0696. The van der Waals surface area contributed by atoms with E-state index < -0.39 is 5.97 Å². The number of carbonyl (C=O) groups is 1. The lowest BCUT2D eigenvalue weighted by Crippen LogP contribution is -2.04. The van der Waals surface area contributed by atoms with Gasteiger partial charge in [-0.05, 0) is 53.8 Å². The maximum absolute atomic E-state index is 11.1. The van der Waals surface area contributed by atoms with E-state index in [1.165, 1.54) is 6.07 Å². The van der Waals surface area contributed by atoms with Crippen LogP contribution in [0, 0.1) is 18.3 Å². The lowest BCUT2D eigenvalue weighted by Gasteiger charge is -2.13. The Bertz CT molecular complexity index is 1240. The molecule has 1 aromatic carbocycles. The first-order valence-corrected chi connectivity index (χ1v) is 9.92. The van der Waals surface area contributed by atoms with E-state index in [-0.39, 0.29) is 18.1 Å². The van der Waals surface area contributed by atoms with Gasteiger partial charge in [-0.1, -0.05) is 12.1 Å². The van der Waals surface area contributed by atoms with Crippen LogP contribution < -0.4 is 4.74 Å². The second kappa shape index (κ2) is 8.23. The predicted molar refractivity (Wildman–Crippen MR) is 112 cm³/mol. The molecule has 6 nitrogen and oxygen atoms in total. The van der Waals surface area contributed by atoms with Crippen molar-refractivity contribution in [3.8, 4) is 33.6 Å². The summed E-state index contributed by atoms with van der Waals surface area (Å²) in [6, 6.07) is 14.6. The Morgan fingerprint density at radius 3 is 2.80 bits per heavy atom. The minimum absolute atomic E-state index is 0.159. The van der Waals surface area contributed by atoms with Crippen LogP contribution in [0.3, 0.4) is 0 Å². The number of nitrogens with zero attached hydrogens (tertiary/aromatic N) is 2. The zero-order valence-corrected chi connectivity index (χ0v) is 16.8. The molecule has 30 heavy (non-hydrogen) atoms. The number of nitriles is 1. The van der Waals surface area contributed by atoms with Crippen molar-refractivity contribution in [2.75, 3.05) is 0 Å². The fourth-order valence-corrected chi connectivity index (χ4v) is 3.75. The van der Waals surface area contributed by atoms with Crippen molar-refractivity contribution >= 4 is 17.3 Å². The summed E-state index contributed by atoms with van der Waals surface area (Å²) in [6.45, 7) is 1.98. The van der Waals surface area contributed by atoms with E-state index >= 15 is 0 Å². The molecule has 0 saturated carbocycles. The van der Waals surface area contributed by atoms with E-state index in [2.05, 4.69) is 11.1 Å². The Hall–Kier alpha value is -3.89. The molecule has 4 rings (SSSR count). The molecule has 0 unspecified atom stereocenters. The molecule has 0 spiro atoms. The molecule has 0 radical (unpaired) electrons. The molecule has 0 amide bonds. The van der Waals surface area contributed by atoms with Crippen molar-refractivity contribution in [3.05, 3.63) is 82.6 Å². The monoisotopic (exact) mass is 416 g/mol. The summed E-state index contributed by atoms with van der Waals surface area (Å²) in [5.41, 5.74) is 4.28. The topological polar surface area (TPSA) is 96.3 Å². The number of aromatic carboxylic acids is 1. The summed E-state index contributed by atoms with van der Waals surface area (Å²) in [4.78, 5) is 16.7.